The largest absolute Gasteiger partial charge is 0.354 e. The molecule has 28 heavy (non-hydrogen) atoms. The molecule has 146 valence electrons. The van der Waals surface area contributed by atoms with Gasteiger partial charge < -0.3 is 16.0 Å². The smallest absolute Gasteiger partial charge is 0.252 e. The second-order valence-electron chi connectivity index (χ2n) is 6.96. The summed E-state index contributed by atoms with van der Waals surface area (Å²) in [6.45, 7) is 2.11. The Hall–Kier alpha value is -3.15. The Balaban J connectivity index is 1.58. The SMILES string of the molecule is CC(=O)Nc1cccc(Nc2cncc(C(=O)NCCC3=CCCCC3)c2)c1. The first-order valence-corrected chi connectivity index (χ1v) is 9.66. The first-order valence-electron chi connectivity index (χ1n) is 9.66. The van der Waals surface area contributed by atoms with Gasteiger partial charge in [-0.2, -0.15) is 0 Å². The van der Waals surface area contributed by atoms with Crippen molar-refractivity contribution in [2.24, 2.45) is 0 Å². The Morgan fingerprint density at radius 2 is 1.93 bits per heavy atom. The lowest BCUT2D eigenvalue weighted by atomic mass is 9.97. The molecule has 1 aliphatic carbocycles. The van der Waals surface area contributed by atoms with Gasteiger partial charge in [-0.1, -0.05) is 17.7 Å². The van der Waals surface area contributed by atoms with Crippen LogP contribution in [0.1, 0.15) is 49.4 Å². The van der Waals surface area contributed by atoms with Crippen LogP contribution in [0.15, 0.2) is 54.4 Å². The third-order valence-corrected chi connectivity index (χ3v) is 4.59. The van der Waals surface area contributed by atoms with E-state index in [0.717, 1.165) is 24.9 Å². The molecule has 0 unspecified atom stereocenters. The highest BCUT2D eigenvalue weighted by Gasteiger charge is 2.09. The van der Waals surface area contributed by atoms with Gasteiger partial charge in [0.2, 0.25) is 5.91 Å². The van der Waals surface area contributed by atoms with Gasteiger partial charge in [-0.3, -0.25) is 14.6 Å². The highest BCUT2D eigenvalue weighted by Crippen LogP contribution is 2.21. The Labute approximate surface area is 165 Å². The van der Waals surface area contributed by atoms with Crippen LogP contribution in [0.2, 0.25) is 0 Å². The fourth-order valence-corrected chi connectivity index (χ4v) is 3.25. The lowest BCUT2D eigenvalue weighted by molar-refractivity contribution is -0.114. The zero-order chi connectivity index (χ0) is 19.8. The Bertz CT molecular complexity index is 876. The topological polar surface area (TPSA) is 83.1 Å². The number of amides is 2. The fraction of sp³-hybridized carbons (Fsp3) is 0.318. The van der Waals surface area contributed by atoms with Gasteiger partial charge in [0.25, 0.3) is 5.91 Å². The van der Waals surface area contributed by atoms with Crippen molar-refractivity contribution in [3.05, 3.63) is 59.9 Å². The molecule has 0 aliphatic heterocycles. The van der Waals surface area contributed by atoms with Gasteiger partial charge >= 0.3 is 0 Å². The minimum absolute atomic E-state index is 0.124. The minimum atomic E-state index is -0.125. The molecule has 0 spiro atoms. The van der Waals surface area contributed by atoms with E-state index in [1.807, 2.05) is 24.3 Å². The van der Waals surface area contributed by atoms with Crippen LogP contribution in [0, 0.1) is 0 Å². The number of rotatable bonds is 7. The van der Waals surface area contributed by atoms with Crippen LogP contribution >= 0.6 is 0 Å². The van der Waals surface area contributed by atoms with Crippen LogP contribution in [0.4, 0.5) is 17.1 Å². The summed E-state index contributed by atoms with van der Waals surface area (Å²) in [4.78, 5) is 27.8. The maximum Gasteiger partial charge on any atom is 0.252 e. The van der Waals surface area contributed by atoms with Crippen LogP contribution in [0.25, 0.3) is 0 Å². The molecule has 1 aromatic heterocycles. The van der Waals surface area contributed by atoms with Crippen LogP contribution in [0.5, 0.6) is 0 Å². The Morgan fingerprint density at radius 1 is 1.07 bits per heavy atom. The summed E-state index contributed by atoms with van der Waals surface area (Å²) in [6, 6.07) is 9.14. The first kappa shape index (κ1) is 19.6. The molecule has 6 heteroatoms. The zero-order valence-electron chi connectivity index (χ0n) is 16.1. The number of pyridine rings is 1. The molecule has 0 bridgehead atoms. The fourth-order valence-electron chi connectivity index (χ4n) is 3.25. The molecular weight excluding hydrogens is 352 g/mol. The summed E-state index contributed by atoms with van der Waals surface area (Å²) in [7, 11) is 0. The van der Waals surface area contributed by atoms with Crippen molar-refractivity contribution in [3.63, 3.8) is 0 Å². The van der Waals surface area contributed by atoms with Gasteiger partial charge in [0.05, 0.1) is 17.4 Å². The van der Waals surface area contributed by atoms with Crippen molar-refractivity contribution in [2.75, 3.05) is 17.2 Å². The van der Waals surface area contributed by atoms with Crippen LogP contribution < -0.4 is 16.0 Å². The van der Waals surface area contributed by atoms with Crippen molar-refractivity contribution in [1.82, 2.24) is 10.3 Å². The van der Waals surface area contributed by atoms with Gasteiger partial charge in [-0.05, 0) is 56.4 Å². The van der Waals surface area contributed by atoms with Gasteiger partial charge in [0.1, 0.15) is 0 Å². The molecule has 0 radical (unpaired) electrons. The van der Waals surface area contributed by atoms with Gasteiger partial charge in [0, 0.05) is 31.0 Å². The van der Waals surface area contributed by atoms with Crippen molar-refractivity contribution < 1.29 is 9.59 Å². The lowest BCUT2D eigenvalue weighted by Crippen LogP contribution is -2.25. The standard InChI is InChI=1S/C22H26N4O2/c1-16(27)25-19-8-5-9-20(13-19)26-21-12-18(14-23-15-21)22(28)24-11-10-17-6-3-2-4-7-17/h5-6,8-9,12-15,26H,2-4,7,10-11H2,1H3,(H,24,28)(H,25,27). The summed E-state index contributed by atoms with van der Waals surface area (Å²) in [5, 5.41) is 8.94. The summed E-state index contributed by atoms with van der Waals surface area (Å²) in [5.74, 6) is -0.249. The average Bonchev–Trinajstić information content (AvgIpc) is 2.69. The maximum atomic E-state index is 12.4. The number of nitrogens with one attached hydrogen (secondary N) is 3. The van der Waals surface area contributed by atoms with E-state index in [4.69, 9.17) is 0 Å². The number of hydrogen-bond acceptors (Lipinski definition) is 4. The quantitative estimate of drug-likeness (QED) is 0.624. The molecule has 3 rings (SSSR count). The van der Waals surface area contributed by atoms with Gasteiger partial charge in [-0.15, -0.1) is 0 Å². The molecule has 0 fully saturated rings. The Morgan fingerprint density at radius 3 is 2.71 bits per heavy atom. The summed E-state index contributed by atoms with van der Waals surface area (Å²) in [5.41, 5.74) is 4.17. The zero-order valence-corrected chi connectivity index (χ0v) is 16.1. The maximum absolute atomic E-state index is 12.4. The number of hydrogen-bond donors (Lipinski definition) is 3. The van der Waals surface area contributed by atoms with E-state index in [2.05, 4.69) is 27.0 Å². The van der Waals surface area contributed by atoms with Crippen LogP contribution in [-0.2, 0) is 4.79 Å². The van der Waals surface area contributed by atoms with E-state index in [0.29, 0.717) is 23.5 Å². The number of nitrogens with zero attached hydrogens (tertiary/aromatic N) is 1. The number of aromatic nitrogens is 1. The van der Waals surface area contributed by atoms with Crippen molar-refractivity contribution in [1.29, 1.82) is 0 Å². The van der Waals surface area contributed by atoms with Crippen molar-refractivity contribution in [2.45, 2.75) is 39.0 Å². The highest BCUT2D eigenvalue weighted by molar-refractivity contribution is 5.95. The van der Waals surface area contributed by atoms with Crippen LogP contribution in [-0.4, -0.2) is 23.3 Å². The van der Waals surface area contributed by atoms with Crippen LogP contribution in [0.3, 0.4) is 0 Å². The van der Waals surface area contributed by atoms with E-state index < -0.39 is 0 Å². The predicted molar refractivity (Wildman–Crippen MR) is 112 cm³/mol. The predicted octanol–water partition coefficient (Wildman–Crippen LogP) is 4.40. The Kier molecular flexibility index (Phi) is 6.78. The van der Waals surface area contributed by atoms with Crippen molar-refractivity contribution in [3.8, 4) is 0 Å². The average molecular weight is 378 g/mol. The normalized spacial score (nSPS) is 13.4. The summed E-state index contributed by atoms with van der Waals surface area (Å²) in [6.07, 6.45) is 11.3. The number of anilines is 3. The van der Waals surface area contributed by atoms with Gasteiger partial charge in [0.15, 0.2) is 0 Å². The summed E-state index contributed by atoms with van der Waals surface area (Å²) < 4.78 is 0. The third-order valence-electron chi connectivity index (χ3n) is 4.59. The van der Waals surface area contributed by atoms with E-state index in [1.54, 1.807) is 18.5 Å². The molecule has 1 heterocycles. The minimum Gasteiger partial charge on any atom is -0.354 e. The van der Waals surface area contributed by atoms with Crippen molar-refractivity contribution >= 4 is 28.9 Å². The lowest BCUT2D eigenvalue weighted by Gasteiger charge is -2.13. The van der Waals surface area contributed by atoms with E-state index in [9.17, 15) is 9.59 Å². The number of carbonyl (C=O) groups excluding carboxylic acids is 2. The molecule has 2 aromatic rings. The molecule has 0 saturated heterocycles. The first-order chi connectivity index (χ1) is 13.6. The number of benzene rings is 1. The molecule has 1 aliphatic rings. The number of carbonyl (C=O) groups is 2. The molecule has 0 saturated carbocycles. The third kappa shape index (κ3) is 5.94. The monoisotopic (exact) mass is 378 g/mol. The second-order valence-corrected chi connectivity index (χ2v) is 6.96. The molecule has 3 N–H and O–H groups in total. The van der Waals surface area contributed by atoms with E-state index in [-0.39, 0.29) is 11.8 Å². The van der Waals surface area contributed by atoms with E-state index >= 15 is 0 Å². The molecule has 0 atom stereocenters. The molecule has 6 nitrogen and oxygen atoms in total. The summed E-state index contributed by atoms with van der Waals surface area (Å²) >= 11 is 0. The highest BCUT2D eigenvalue weighted by atomic mass is 16.2. The molecule has 1 aromatic carbocycles. The molecular formula is C22H26N4O2. The molecule has 2 amide bonds. The van der Waals surface area contributed by atoms with E-state index in [1.165, 1.54) is 25.3 Å². The number of allylic oxidation sites excluding steroid dienone is 1. The van der Waals surface area contributed by atoms with Gasteiger partial charge in [-0.25, -0.2) is 0 Å². The second kappa shape index (κ2) is 9.69.